The van der Waals surface area contributed by atoms with Gasteiger partial charge in [0.15, 0.2) is 11.5 Å². The lowest BCUT2D eigenvalue weighted by atomic mass is 10.1. The Morgan fingerprint density at radius 3 is 2.72 bits per heavy atom. The molecule has 0 aliphatic heterocycles. The monoisotopic (exact) mass is 391 g/mol. The first-order chi connectivity index (χ1) is 14.1. The van der Waals surface area contributed by atoms with Gasteiger partial charge in [-0.3, -0.25) is 0 Å². The summed E-state index contributed by atoms with van der Waals surface area (Å²) in [7, 11) is 1.69. The number of anilines is 1. The molecule has 0 aliphatic carbocycles. The van der Waals surface area contributed by atoms with Crippen LogP contribution in [0.1, 0.15) is 30.0 Å². The Balaban J connectivity index is 1.75. The van der Waals surface area contributed by atoms with E-state index in [1.807, 2.05) is 47.2 Å². The lowest BCUT2D eigenvalue weighted by molar-refractivity contribution is 0.186. The second-order valence-corrected chi connectivity index (χ2v) is 7.08. The highest BCUT2D eigenvalue weighted by molar-refractivity contribution is 5.68. The van der Waals surface area contributed by atoms with Crippen molar-refractivity contribution in [3.8, 4) is 11.3 Å². The second kappa shape index (κ2) is 8.00. The SMILES string of the molecule is COCCn1cnnc1C(C)Nc1cc(-c2ccccc2)nc2c(C)c(C)nn12. The van der Waals surface area contributed by atoms with Gasteiger partial charge in [-0.25, -0.2) is 4.98 Å². The molecule has 0 bridgehead atoms. The molecule has 0 fully saturated rings. The minimum Gasteiger partial charge on any atom is -0.383 e. The highest BCUT2D eigenvalue weighted by atomic mass is 16.5. The lowest BCUT2D eigenvalue weighted by Crippen LogP contribution is -2.17. The zero-order valence-electron chi connectivity index (χ0n) is 17.1. The van der Waals surface area contributed by atoms with Crippen LogP contribution in [0.2, 0.25) is 0 Å². The minimum absolute atomic E-state index is 0.0756. The highest BCUT2D eigenvalue weighted by Gasteiger charge is 2.18. The number of ether oxygens (including phenoxy) is 1. The van der Waals surface area contributed by atoms with E-state index >= 15 is 0 Å². The largest absolute Gasteiger partial charge is 0.383 e. The van der Waals surface area contributed by atoms with Gasteiger partial charge in [0.25, 0.3) is 0 Å². The topological polar surface area (TPSA) is 82.2 Å². The van der Waals surface area contributed by atoms with Crippen molar-refractivity contribution in [3.63, 3.8) is 0 Å². The van der Waals surface area contributed by atoms with E-state index in [0.717, 1.165) is 39.8 Å². The zero-order chi connectivity index (χ0) is 20.4. The molecule has 4 rings (SSSR count). The van der Waals surface area contributed by atoms with Crippen molar-refractivity contribution in [1.29, 1.82) is 0 Å². The first-order valence-electron chi connectivity index (χ1n) is 9.64. The first kappa shape index (κ1) is 19.1. The van der Waals surface area contributed by atoms with Crippen LogP contribution in [0.3, 0.4) is 0 Å². The maximum absolute atomic E-state index is 5.19. The minimum atomic E-state index is -0.0756. The number of rotatable bonds is 7. The fourth-order valence-electron chi connectivity index (χ4n) is 3.34. The molecule has 8 heteroatoms. The molecule has 8 nitrogen and oxygen atoms in total. The number of fused-ring (bicyclic) bond motifs is 1. The normalized spacial score (nSPS) is 12.4. The van der Waals surface area contributed by atoms with Crippen LogP contribution in [0.5, 0.6) is 0 Å². The molecule has 1 aromatic carbocycles. The third-order valence-electron chi connectivity index (χ3n) is 5.06. The first-order valence-corrected chi connectivity index (χ1v) is 9.64. The fraction of sp³-hybridized carbons (Fsp3) is 0.333. The average molecular weight is 391 g/mol. The van der Waals surface area contributed by atoms with Gasteiger partial charge in [-0.2, -0.15) is 9.61 Å². The van der Waals surface area contributed by atoms with Crippen LogP contribution in [0.25, 0.3) is 16.9 Å². The smallest absolute Gasteiger partial charge is 0.161 e. The predicted octanol–water partition coefficient (Wildman–Crippen LogP) is 3.42. The van der Waals surface area contributed by atoms with Crippen molar-refractivity contribution in [3.05, 3.63) is 59.8 Å². The summed E-state index contributed by atoms with van der Waals surface area (Å²) >= 11 is 0. The molecule has 3 aromatic heterocycles. The van der Waals surface area contributed by atoms with E-state index in [0.29, 0.717) is 13.2 Å². The van der Waals surface area contributed by atoms with Crippen LogP contribution in [0.4, 0.5) is 5.82 Å². The summed E-state index contributed by atoms with van der Waals surface area (Å²) < 4.78 is 9.05. The molecule has 1 N–H and O–H groups in total. The van der Waals surface area contributed by atoms with Gasteiger partial charge in [0.2, 0.25) is 0 Å². The summed E-state index contributed by atoms with van der Waals surface area (Å²) in [5.41, 5.74) is 4.84. The van der Waals surface area contributed by atoms with Crippen LogP contribution in [0, 0.1) is 13.8 Å². The van der Waals surface area contributed by atoms with Gasteiger partial charge in [-0.15, -0.1) is 10.2 Å². The molecule has 3 heterocycles. The molecule has 0 saturated carbocycles. The quantitative estimate of drug-likeness (QED) is 0.520. The molecular weight excluding hydrogens is 366 g/mol. The molecule has 0 saturated heterocycles. The zero-order valence-corrected chi connectivity index (χ0v) is 17.1. The Morgan fingerprint density at radius 1 is 1.17 bits per heavy atom. The van der Waals surface area contributed by atoms with Crippen molar-refractivity contribution in [2.24, 2.45) is 0 Å². The number of methoxy groups -OCH3 is 1. The van der Waals surface area contributed by atoms with Gasteiger partial charge in [0, 0.05) is 30.8 Å². The Kier molecular flexibility index (Phi) is 5.26. The molecule has 29 heavy (non-hydrogen) atoms. The third-order valence-corrected chi connectivity index (χ3v) is 5.06. The molecule has 0 amide bonds. The summed E-state index contributed by atoms with van der Waals surface area (Å²) in [6.45, 7) is 7.42. The van der Waals surface area contributed by atoms with Crippen LogP contribution < -0.4 is 5.32 Å². The van der Waals surface area contributed by atoms with E-state index in [-0.39, 0.29) is 6.04 Å². The predicted molar refractivity (Wildman–Crippen MR) is 112 cm³/mol. The number of hydrogen-bond acceptors (Lipinski definition) is 6. The van der Waals surface area contributed by atoms with E-state index < -0.39 is 0 Å². The maximum Gasteiger partial charge on any atom is 0.161 e. The number of nitrogens with zero attached hydrogens (tertiary/aromatic N) is 6. The van der Waals surface area contributed by atoms with Crippen LogP contribution in [-0.2, 0) is 11.3 Å². The van der Waals surface area contributed by atoms with Gasteiger partial charge >= 0.3 is 0 Å². The van der Waals surface area contributed by atoms with Gasteiger partial charge in [-0.1, -0.05) is 30.3 Å². The van der Waals surface area contributed by atoms with E-state index in [2.05, 4.69) is 39.7 Å². The van der Waals surface area contributed by atoms with Gasteiger partial charge in [0.1, 0.15) is 12.1 Å². The number of hydrogen-bond donors (Lipinski definition) is 1. The van der Waals surface area contributed by atoms with Gasteiger partial charge in [-0.05, 0) is 20.8 Å². The molecule has 150 valence electrons. The van der Waals surface area contributed by atoms with E-state index in [1.54, 1.807) is 13.4 Å². The van der Waals surface area contributed by atoms with Crippen LogP contribution >= 0.6 is 0 Å². The highest BCUT2D eigenvalue weighted by Crippen LogP contribution is 2.27. The maximum atomic E-state index is 5.19. The average Bonchev–Trinajstić information content (AvgIpc) is 3.32. The summed E-state index contributed by atoms with van der Waals surface area (Å²) in [5, 5.41) is 16.6. The number of aryl methyl sites for hydroxylation is 2. The molecule has 0 radical (unpaired) electrons. The van der Waals surface area contributed by atoms with Crippen LogP contribution in [-0.4, -0.2) is 43.1 Å². The van der Waals surface area contributed by atoms with Crippen molar-refractivity contribution in [2.45, 2.75) is 33.4 Å². The molecule has 1 atom stereocenters. The lowest BCUT2D eigenvalue weighted by Gasteiger charge is -2.17. The summed E-state index contributed by atoms with van der Waals surface area (Å²) in [6, 6.07) is 12.1. The number of nitrogens with one attached hydrogen (secondary N) is 1. The Hall–Kier alpha value is -3.26. The molecular formula is C21H25N7O. The summed E-state index contributed by atoms with van der Waals surface area (Å²) in [5.74, 6) is 1.70. The summed E-state index contributed by atoms with van der Waals surface area (Å²) in [6.07, 6.45) is 1.73. The molecule has 1 unspecified atom stereocenters. The van der Waals surface area contributed by atoms with E-state index in [1.165, 1.54) is 0 Å². The molecule has 0 aliphatic rings. The van der Waals surface area contributed by atoms with Gasteiger partial charge in [0.05, 0.1) is 24.0 Å². The number of aromatic nitrogens is 6. The van der Waals surface area contributed by atoms with E-state index in [9.17, 15) is 0 Å². The Bertz CT molecular complexity index is 1120. The van der Waals surface area contributed by atoms with Crippen molar-refractivity contribution >= 4 is 11.5 Å². The van der Waals surface area contributed by atoms with E-state index in [4.69, 9.17) is 9.72 Å². The standard InChI is InChI=1S/C21H25N7O/c1-14-15(2)26-28-19(12-18(24-20(14)28)17-8-6-5-7-9-17)23-16(3)21-25-22-13-27(21)10-11-29-4/h5-9,12-13,16,23H,10-11H2,1-4H3. The molecule has 4 aromatic rings. The van der Waals surface area contributed by atoms with Crippen molar-refractivity contribution in [1.82, 2.24) is 29.4 Å². The van der Waals surface area contributed by atoms with Crippen molar-refractivity contribution < 1.29 is 4.74 Å². The Morgan fingerprint density at radius 2 is 1.97 bits per heavy atom. The number of benzene rings is 1. The third kappa shape index (κ3) is 3.71. The fourth-order valence-corrected chi connectivity index (χ4v) is 3.34. The van der Waals surface area contributed by atoms with Crippen molar-refractivity contribution in [2.75, 3.05) is 19.0 Å². The Labute approximate surface area is 169 Å². The van der Waals surface area contributed by atoms with Gasteiger partial charge < -0.3 is 14.6 Å². The van der Waals surface area contributed by atoms with Crippen LogP contribution in [0.15, 0.2) is 42.7 Å². The summed E-state index contributed by atoms with van der Waals surface area (Å²) in [4.78, 5) is 4.87. The molecule has 0 spiro atoms. The second-order valence-electron chi connectivity index (χ2n) is 7.08.